The minimum absolute atomic E-state index is 0.0859. The van der Waals surface area contributed by atoms with Crippen molar-refractivity contribution in [1.29, 1.82) is 0 Å². The lowest BCUT2D eigenvalue weighted by Crippen LogP contribution is -2.48. The zero-order chi connectivity index (χ0) is 27.9. The molecule has 0 fully saturated rings. The van der Waals surface area contributed by atoms with Crippen LogP contribution in [0.15, 0.2) is 27.6 Å². The Balaban J connectivity index is 6.10. The van der Waals surface area contributed by atoms with Crippen LogP contribution in [0, 0.1) is 24.2 Å². The highest BCUT2D eigenvalue weighted by Gasteiger charge is 2.35. The molecule has 1 amide bonds. The third-order valence-electron chi connectivity index (χ3n) is 6.80. The van der Waals surface area contributed by atoms with E-state index in [9.17, 15) is 9.59 Å². The molecule has 1 N–H and O–H groups in total. The molecular weight excluding hydrogens is 492 g/mol. The molecule has 0 bridgehead atoms. The van der Waals surface area contributed by atoms with E-state index < -0.39 is 20.3 Å². The molecule has 0 saturated carbocycles. The number of carbonyl (C=O) groups is 2. The van der Waals surface area contributed by atoms with Gasteiger partial charge in [-0.05, 0) is 47.3 Å². The highest BCUT2D eigenvalue weighted by atomic mass is 32.2. The first-order valence-corrected chi connectivity index (χ1v) is 16.0. The molecule has 0 aromatic rings. The van der Waals surface area contributed by atoms with Gasteiger partial charge in [-0.2, -0.15) is 0 Å². The Morgan fingerprint density at radius 3 is 2.22 bits per heavy atom. The molecule has 0 radical (unpaired) electrons. The van der Waals surface area contributed by atoms with Crippen molar-refractivity contribution >= 4 is 32.0 Å². The maximum Gasteiger partial charge on any atom is 0.346 e. The van der Waals surface area contributed by atoms with E-state index in [1.807, 2.05) is 27.7 Å². The molecule has 0 heterocycles. The van der Waals surface area contributed by atoms with Crippen molar-refractivity contribution in [2.75, 3.05) is 7.11 Å². The lowest BCUT2D eigenvalue weighted by Gasteiger charge is -2.36. The largest absolute Gasteiger partial charge is 0.465 e. The molecule has 8 nitrogen and oxygen atoms in total. The standard InChI is InChI=1S/C26H44N4O4SSi/c1-11-19(8)24(29-30-27)25(31)28-22(18(6)7)16-23(34-36(13-3,14-4)15-5)20(9)35-17-21(12-2)26(32)33-10/h2,17-19,22-24H,9,11,13-16H2,1,3-8,10H3,(H,28,31)/b21-17+/t19?,22-,23?,24+/m1/s1. The van der Waals surface area contributed by atoms with Crippen LogP contribution < -0.4 is 5.32 Å². The van der Waals surface area contributed by atoms with Crippen LogP contribution in [0.2, 0.25) is 18.1 Å². The van der Waals surface area contributed by atoms with E-state index in [1.165, 1.54) is 18.9 Å². The molecule has 0 aliphatic carbocycles. The van der Waals surface area contributed by atoms with Gasteiger partial charge in [-0.3, -0.25) is 4.79 Å². The topological polar surface area (TPSA) is 113 Å². The van der Waals surface area contributed by atoms with E-state index in [1.54, 1.807) is 5.41 Å². The molecule has 0 aliphatic heterocycles. The number of ether oxygens (including phenoxy) is 1. The molecule has 0 aromatic heterocycles. The summed E-state index contributed by atoms with van der Waals surface area (Å²) in [7, 11) is -0.763. The molecule has 0 rings (SSSR count). The second-order valence-electron chi connectivity index (χ2n) is 9.23. The fourth-order valence-corrected chi connectivity index (χ4v) is 7.37. The summed E-state index contributed by atoms with van der Waals surface area (Å²) in [5.41, 5.74) is 9.08. The van der Waals surface area contributed by atoms with Crippen LogP contribution in [-0.2, 0) is 18.8 Å². The van der Waals surface area contributed by atoms with Gasteiger partial charge in [0.1, 0.15) is 11.6 Å². The third-order valence-corrected chi connectivity index (χ3v) is 12.4. The van der Waals surface area contributed by atoms with Crippen molar-refractivity contribution in [1.82, 2.24) is 5.32 Å². The average Bonchev–Trinajstić information content (AvgIpc) is 2.88. The summed E-state index contributed by atoms with van der Waals surface area (Å²) in [5.74, 6) is 1.48. The Morgan fingerprint density at radius 2 is 1.81 bits per heavy atom. The van der Waals surface area contributed by atoms with Crippen molar-refractivity contribution in [3.63, 3.8) is 0 Å². The van der Waals surface area contributed by atoms with Crippen LogP contribution in [0.4, 0.5) is 0 Å². The first kappa shape index (κ1) is 33.8. The lowest BCUT2D eigenvalue weighted by atomic mass is 9.95. The highest BCUT2D eigenvalue weighted by Crippen LogP contribution is 2.33. The first-order chi connectivity index (χ1) is 17.0. The number of nitrogens with one attached hydrogen (secondary N) is 1. The summed E-state index contributed by atoms with van der Waals surface area (Å²) in [4.78, 5) is 28.6. The summed E-state index contributed by atoms with van der Waals surface area (Å²) >= 11 is 1.25. The maximum absolute atomic E-state index is 13.1. The number of amides is 1. The number of methoxy groups -OCH3 is 1. The fraction of sp³-hybridized carbons (Fsp3) is 0.692. The van der Waals surface area contributed by atoms with E-state index in [0.29, 0.717) is 17.7 Å². The molecular formula is C26H44N4O4SSi. The second kappa shape index (κ2) is 17.3. The number of terminal acetylenes is 1. The zero-order valence-corrected chi connectivity index (χ0v) is 25.0. The Morgan fingerprint density at radius 1 is 1.22 bits per heavy atom. The molecule has 36 heavy (non-hydrogen) atoms. The van der Waals surface area contributed by atoms with Crippen LogP contribution in [0.5, 0.6) is 0 Å². The van der Waals surface area contributed by atoms with Crippen LogP contribution >= 0.6 is 11.8 Å². The van der Waals surface area contributed by atoms with Crippen molar-refractivity contribution < 1.29 is 18.8 Å². The number of hydrogen-bond donors (Lipinski definition) is 1. The van der Waals surface area contributed by atoms with E-state index in [2.05, 4.69) is 48.6 Å². The summed E-state index contributed by atoms with van der Waals surface area (Å²) in [5, 5.41) is 8.42. The molecule has 4 atom stereocenters. The van der Waals surface area contributed by atoms with Gasteiger partial charge >= 0.3 is 5.97 Å². The van der Waals surface area contributed by atoms with Gasteiger partial charge in [0.05, 0.1) is 13.2 Å². The molecule has 2 unspecified atom stereocenters. The maximum atomic E-state index is 13.1. The summed E-state index contributed by atoms with van der Waals surface area (Å²) < 4.78 is 11.6. The van der Waals surface area contributed by atoms with Crippen molar-refractivity contribution in [2.45, 2.75) is 97.6 Å². The molecule has 0 aliphatic rings. The number of nitrogens with zero attached hydrogens (tertiary/aromatic N) is 3. The number of thioether (sulfide) groups is 1. The third kappa shape index (κ3) is 10.4. The van der Waals surface area contributed by atoms with Crippen LogP contribution in [-0.4, -0.2) is 45.5 Å². The van der Waals surface area contributed by atoms with Crippen LogP contribution in [0.25, 0.3) is 10.4 Å². The number of azide groups is 1. The zero-order valence-electron chi connectivity index (χ0n) is 23.2. The Bertz CT molecular complexity index is 852. The SMILES string of the molecule is C#C/C(=C\SC(=C)C(C[C@@H](NC(=O)[C@@H](N=[N+]=[N-])C(C)CC)C(C)C)O[Si](CC)(CC)CC)C(=O)OC. The highest BCUT2D eigenvalue weighted by molar-refractivity contribution is 8.05. The predicted molar refractivity (Wildman–Crippen MR) is 152 cm³/mol. The summed E-state index contributed by atoms with van der Waals surface area (Å²) in [6.07, 6.45) is 6.31. The van der Waals surface area contributed by atoms with Gasteiger partial charge in [-0.1, -0.05) is 84.3 Å². The molecule has 10 heteroatoms. The second-order valence-corrected chi connectivity index (χ2v) is 15.0. The molecule has 202 valence electrons. The minimum atomic E-state index is -2.04. The average molecular weight is 537 g/mol. The van der Waals surface area contributed by atoms with Gasteiger partial charge in [0.15, 0.2) is 8.32 Å². The van der Waals surface area contributed by atoms with Gasteiger partial charge in [-0.15, -0.1) is 6.42 Å². The van der Waals surface area contributed by atoms with E-state index in [-0.39, 0.29) is 35.5 Å². The monoisotopic (exact) mass is 536 g/mol. The van der Waals surface area contributed by atoms with Crippen LogP contribution in [0.1, 0.15) is 61.3 Å². The number of hydrogen-bond acceptors (Lipinski definition) is 6. The number of esters is 1. The van der Waals surface area contributed by atoms with E-state index >= 15 is 0 Å². The van der Waals surface area contributed by atoms with Gasteiger partial charge in [0.25, 0.3) is 0 Å². The number of rotatable bonds is 17. The van der Waals surface area contributed by atoms with Crippen molar-refractivity contribution in [3.8, 4) is 12.3 Å². The lowest BCUT2D eigenvalue weighted by molar-refractivity contribution is -0.135. The Labute approximate surface area is 222 Å². The molecule has 0 spiro atoms. The summed E-state index contributed by atoms with van der Waals surface area (Å²) in [6, 6.07) is 1.83. The van der Waals surface area contributed by atoms with E-state index in [4.69, 9.17) is 21.1 Å². The van der Waals surface area contributed by atoms with Crippen molar-refractivity contribution in [3.05, 3.63) is 32.9 Å². The number of carbonyl (C=O) groups excluding carboxylic acids is 2. The normalized spacial score (nSPS) is 15.2. The first-order valence-electron chi connectivity index (χ1n) is 12.6. The van der Waals surface area contributed by atoms with Gasteiger partial charge in [0, 0.05) is 15.9 Å². The Hall–Kier alpha value is -2.18. The predicted octanol–water partition coefficient (Wildman–Crippen LogP) is 6.57. The molecule has 0 aromatic carbocycles. The summed E-state index contributed by atoms with van der Waals surface area (Å²) in [6.45, 7) is 18.6. The smallest absolute Gasteiger partial charge is 0.346 e. The van der Waals surface area contributed by atoms with Gasteiger partial charge in [0.2, 0.25) is 5.91 Å². The molecule has 0 saturated heterocycles. The van der Waals surface area contributed by atoms with E-state index in [0.717, 1.165) is 18.1 Å². The fourth-order valence-electron chi connectivity index (χ4n) is 3.71. The van der Waals surface area contributed by atoms with Crippen LogP contribution in [0.3, 0.4) is 0 Å². The minimum Gasteiger partial charge on any atom is -0.465 e. The van der Waals surface area contributed by atoms with Gasteiger partial charge in [-0.25, -0.2) is 4.79 Å². The quantitative estimate of drug-likeness (QED) is 0.0429. The van der Waals surface area contributed by atoms with Gasteiger partial charge < -0.3 is 14.5 Å². The Kier molecular flexibility index (Phi) is 16.3. The van der Waals surface area contributed by atoms with Crippen molar-refractivity contribution in [2.24, 2.45) is 17.0 Å².